The van der Waals surface area contributed by atoms with Crippen LogP contribution in [0, 0.1) is 0 Å². The van der Waals surface area contributed by atoms with Crippen molar-refractivity contribution < 1.29 is 8.42 Å². The molecular weight excluding hydrogens is 198 g/mol. The lowest BCUT2D eigenvalue weighted by Crippen LogP contribution is -2.44. The molecule has 1 unspecified atom stereocenters. The van der Waals surface area contributed by atoms with E-state index in [4.69, 9.17) is 0 Å². The van der Waals surface area contributed by atoms with Crippen molar-refractivity contribution in [3.8, 4) is 0 Å². The van der Waals surface area contributed by atoms with Crippen LogP contribution in [-0.2, 0) is 9.84 Å². The lowest BCUT2D eigenvalue weighted by Gasteiger charge is -2.24. The predicted molar refractivity (Wildman–Crippen MR) is 59.1 cm³/mol. The quantitative estimate of drug-likeness (QED) is 0.718. The highest BCUT2D eigenvalue weighted by Gasteiger charge is 2.37. The van der Waals surface area contributed by atoms with Gasteiger partial charge in [0.2, 0.25) is 0 Å². The Bertz CT molecular complexity index is 321. The van der Waals surface area contributed by atoms with Crippen molar-refractivity contribution in [1.29, 1.82) is 0 Å². The summed E-state index contributed by atoms with van der Waals surface area (Å²) >= 11 is 0. The molecule has 0 amide bonds. The molecule has 1 fully saturated rings. The Morgan fingerprint density at radius 1 is 1.57 bits per heavy atom. The highest BCUT2D eigenvalue weighted by Crippen LogP contribution is 2.22. The van der Waals surface area contributed by atoms with E-state index in [1.54, 1.807) is 0 Å². The molecule has 4 heteroatoms. The van der Waals surface area contributed by atoms with Gasteiger partial charge in [-0.05, 0) is 19.8 Å². The van der Waals surface area contributed by atoms with Gasteiger partial charge in [0.1, 0.15) is 0 Å². The molecule has 0 aromatic rings. The van der Waals surface area contributed by atoms with Crippen molar-refractivity contribution in [3.05, 3.63) is 12.2 Å². The zero-order valence-corrected chi connectivity index (χ0v) is 9.78. The summed E-state index contributed by atoms with van der Waals surface area (Å²) in [5.41, 5.74) is 0.882. The monoisotopic (exact) mass is 217 g/mol. The number of rotatable bonds is 4. The first-order valence-electron chi connectivity index (χ1n) is 4.99. The summed E-state index contributed by atoms with van der Waals surface area (Å²) in [5.74, 6) is 0.575. The van der Waals surface area contributed by atoms with E-state index in [1.807, 2.05) is 6.92 Å². The highest BCUT2D eigenvalue weighted by molar-refractivity contribution is 7.91. The van der Waals surface area contributed by atoms with E-state index < -0.39 is 9.84 Å². The first-order chi connectivity index (χ1) is 6.37. The SMILES string of the molecule is C=C(CC)CNC1(C)CCS(=O)(=O)C1. The highest BCUT2D eigenvalue weighted by atomic mass is 32.2. The summed E-state index contributed by atoms with van der Waals surface area (Å²) in [5, 5.41) is 3.29. The topological polar surface area (TPSA) is 46.2 Å². The van der Waals surface area contributed by atoms with E-state index in [2.05, 4.69) is 18.8 Å². The van der Waals surface area contributed by atoms with E-state index in [0.717, 1.165) is 18.5 Å². The molecule has 82 valence electrons. The van der Waals surface area contributed by atoms with E-state index in [1.165, 1.54) is 0 Å². The Kier molecular flexibility index (Phi) is 3.37. The van der Waals surface area contributed by atoms with Crippen molar-refractivity contribution >= 4 is 9.84 Å². The molecule has 0 saturated carbocycles. The molecule has 1 aliphatic heterocycles. The molecule has 0 radical (unpaired) electrons. The van der Waals surface area contributed by atoms with Crippen molar-refractivity contribution in [2.75, 3.05) is 18.1 Å². The normalized spacial score (nSPS) is 30.4. The van der Waals surface area contributed by atoms with E-state index in [0.29, 0.717) is 12.2 Å². The molecule has 1 saturated heterocycles. The van der Waals surface area contributed by atoms with Crippen LogP contribution < -0.4 is 5.32 Å². The molecule has 3 nitrogen and oxygen atoms in total. The number of hydrogen-bond donors (Lipinski definition) is 1. The Morgan fingerprint density at radius 2 is 2.21 bits per heavy atom. The first kappa shape index (κ1) is 11.7. The van der Waals surface area contributed by atoms with Crippen LogP contribution in [0.5, 0.6) is 0 Å². The minimum atomic E-state index is -2.80. The fourth-order valence-corrected chi connectivity index (χ4v) is 3.74. The summed E-state index contributed by atoms with van der Waals surface area (Å²) in [6, 6.07) is 0. The number of nitrogens with one attached hydrogen (secondary N) is 1. The van der Waals surface area contributed by atoms with Gasteiger partial charge in [-0.25, -0.2) is 8.42 Å². The lowest BCUT2D eigenvalue weighted by molar-refractivity contribution is 0.412. The van der Waals surface area contributed by atoms with Gasteiger partial charge in [0, 0.05) is 12.1 Å². The molecule has 1 aliphatic rings. The largest absolute Gasteiger partial charge is 0.307 e. The van der Waals surface area contributed by atoms with Crippen molar-refractivity contribution in [3.63, 3.8) is 0 Å². The Morgan fingerprint density at radius 3 is 2.64 bits per heavy atom. The second-order valence-corrected chi connectivity index (χ2v) is 6.54. The van der Waals surface area contributed by atoms with Gasteiger partial charge in [-0.3, -0.25) is 0 Å². The summed E-state index contributed by atoms with van der Waals surface area (Å²) in [4.78, 5) is 0. The summed E-state index contributed by atoms with van der Waals surface area (Å²) in [6.07, 6.45) is 1.65. The first-order valence-corrected chi connectivity index (χ1v) is 6.81. The molecule has 0 aliphatic carbocycles. The molecule has 0 aromatic carbocycles. The maximum Gasteiger partial charge on any atom is 0.152 e. The third-order valence-electron chi connectivity index (χ3n) is 2.77. The summed E-state index contributed by atoms with van der Waals surface area (Å²) < 4.78 is 22.6. The van der Waals surface area contributed by atoms with Crippen LogP contribution in [0.3, 0.4) is 0 Å². The summed E-state index contributed by atoms with van der Waals surface area (Å²) in [7, 11) is -2.80. The van der Waals surface area contributed by atoms with Crippen molar-refractivity contribution in [2.24, 2.45) is 0 Å². The molecule has 0 spiro atoms. The van der Waals surface area contributed by atoms with E-state index in [-0.39, 0.29) is 11.3 Å². The second-order valence-electron chi connectivity index (χ2n) is 4.36. The Balaban J connectivity index is 2.49. The van der Waals surface area contributed by atoms with Crippen LogP contribution in [0.4, 0.5) is 0 Å². The van der Waals surface area contributed by atoms with Gasteiger partial charge in [0.25, 0.3) is 0 Å². The third kappa shape index (κ3) is 3.10. The van der Waals surface area contributed by atoms with Crippen molar-refractivity contribution in [2.45, 2.75) is 32.2 Å². The van der Waals surface area contributed by atoms with Gasteiger partial charge in [-0.2, -0.15) is 0 Å². The smallest absolute Gasteiger partial charge is 0.152 e. The molecule has 1 atom stereocenters. The zero-order valence-electron chi connectivity index (χ0n) is 8.97. The predicted octanol–water partition coefficient (Wildman–Crippen LogP) is 1.12. The van der Waals surface area contributed by atoms with Gasteiger partial charge in [0.15, 0.2) is 9.84 Å². The van der Waals surface area contributed by atoms with Gasteiger partial charge >= 0.3 is 0 Å². The fourth-order valence-electron chi connectivity index (χ4n) is 1.61. The molecule has 0 aromatic heterocycles. The number of hydrogen-bond acceptors (Lipinski definition) is 3. The fraction of sp³-hybridized carbons (Fsp3) is 0.800. The summed E-state index contributed by atoms with van der Waals surface area (Å²) in [6.45, 7) is 8.64. The molecule has 14 heavy (non-hydrogen) atoms. The van der Waals surface area contributed by atoms with Gasteiger partial charge in [0.05, 0.1) is 11.5 Å². The van der Waals surface area contributed by atoms with Crippen LogP contribution >= 0.6 is 0 Å². The minimum Gasteiger partial charge on any atom is -0.307 e. The van der Waals surface area contributed by atoms with Crippen LogP contribution in [0.2, 0.25) is 0 Å². The van der Waals surface area contributed by atoms with Crippen LogP contribution in [-0.4, -0.2) is 32.0 Å². The van der Waals surface area contributed by atoms with Gasteiger partial charge in [-0.1, -0.05) is 19.1 Å². The molecule has 0 bridgehead atoms. The van der Waals surface area contributed by atoms with Gasteiger partial charge < -0.3 is 5.32 Å². The maximum atomic E-state index is 11.3. The average molecular weight is 217 g/mol. The second kappa shape index (κ2) is 4.03. The standard InChI is InChI=1S/C10H19NO2S/c1-4-9(2)7-11-10(3)5-6-14(12,13)8-10/h11H,2,4-8H2,1,3H3. The zero-order chi connectivity index (χ0) is 10.8. The van der Waals surface area contributed by atoms with Crippen LogP contribution in [0.1, 0.15) is 26.7 Å². The maximum absolute atomic E-state index is 11.3. The number of sulfone groups is 1. The van der Waals surface area contributed by atoms with Crippen molar-refractivity contribution in [1.82, 2.24) is 5.32 Å². The van der Waals surface area contributed by atoms with E-state index in [9.17, 15) is 8.42 Å². The van der Waals surface area contributed by atoms with Crippen LogP contribution in [0.25, 0.3) is 0 Å². The van der Waals surface area contributed by atoms with Gasteiger partial charge in [-0.15, -0.1) is 0 Å². The molecule has 1 N–H and O–H groups in total. The molecule has 1 heterocycles. The Hall–Kier alpha value is -0.350. The molecular formula is C10H19NO2S. The lowest BCUT2D eigenvalue weighted by atomic mass is 10.0. The minimum absolute atomic E-state index is 0.239. The van der Waals surface area contributed by atoms with Crippen LogP contribution in [0.15, 0.2) is 12.2 Å². The van der Waals surface area contributed by atoms with E-state index >= 15 is 0 Å². The average Bonchev–Trinajstić information content (AvgIpc) is 2.37. The Labute approximate surface area is 86.5 Å². The third-order valence-corrected chi connectivity index (χ3v) is 4.67. The molecule has 1 rings (SSSR count).